The molecule has 0 saturated carbocycles. The lowest BCUT2D eigenvalue weighted by atomic mass is 10.1. The maximum atomic E-state index is 12.2. The highest BCUT2D eigenvalue weighted by Gasteiger charge is 2.19. The number of amides is 2. The van der Waals surface area contributed by atoms with Crippen LogP contribution in [0.3, 0.4) is 0 Å². The van der Waals surface area contributed by atoms with Crippen LogP contribution in [0.5, 0.6) is 5.75 Å². The topological polar surface area (TPSA) is 76.7 Å². The van der Waals surface area contributed by atoms with E-state index >= 15 is 0 Å². The summed E-state index contributed by atoms with van der Waals surface area (Å²) < 4.78 is 10.7. The van der Waals surface area contributed by atoms with E-state index in [9.17, 15) is 9.59 Å². The van der Waals surface area contributed by atoms with Gasteiger partial charge in [-0.05, 0) is 45.7 Å². The lowest BCUT2D eigenvalue weighted by Crippen LogP contribution is -2.34. The molecule has 1 aromatic carbocycles. The Kier molecular flexibility index (Phi) is 7.38. The van der Waals surface area contributed by atoms with Gasteiger partial charge in [0, 0.05) is 12.1 Å². The molecule has 1 rings (SSSR count). The maximum absolute atomic E-state index is 12.2. The number of hydrogen-bond donors (Lipinski definition) is 2. The van der Waals surface area contributed by atoms with Crippen molar-refractivity contribution < 1.29 is 19.1 Å². The first-order valence-electron chi connectivity index (χ1n) is 7.91. The van der Waals surface area contributed by atoms with Crippen molar-refractivity contribution in [2.24, 2.45) is 0 Å². The Morgan fingerprint density at radius 1 is 1.22 bits per heavy atom. The Balaban J connectivity index is 3.15. The first-order valence-corrected chi connectivity index (χ1v) is 7.91. The summed E-state index contributed by atoms with van der Waals surface area (Å²) in [6.45, 7) is 10.1. The van der Waals surface area contributed by atoms with Crippen LogP contribution in [0.25, 0.3) is 0 Å². The van der Waals surface area contributed by atoms with Gasteiger partial charge in [-0.2, -0.15) is 0 Å². The molecular weight excluding hydrogens is 296 g/mol. The smallest absolute Gasteiger partial charge is 0.340 e. The van der Waals surface area contributed by atoms with Gasteiger partial charge in [0.15, 0.2) is 0 Å². The Morgan fingerprint density at radius 3 is 2.48 bits per heavy atom. The molecule has 0 spiro atoms. The molecule has 0 heterocycles. The second kappa shape index (κ2) is 9.02. The van der Waals surface area contributed by atoms with Gasteiger partial charge >= 0.3 is 12.0 Å². The number of nitrogens with one attached hydrogen (secondary N) is 2. The van der Waals surface area contributed by atoms with Crippen molar-refractivity contribution in [3.05, 3.63) is 23.3 Å². The number of anilines is 1. The van der Waals surface area contributed by atoms with Crippen LogP contribution in [0.2, 0.25) is 0 Å². The predicted octanol–water partition coefficient (Wildman–Crippen LogP) is 3.49. The summed E-state index contributed by atoms with van der Waals surface area (Å²) in [7, 11) is 0. The van der Waals surface area contributed by atoms with Gasteiger partial charge < -0.3 is 20.1 Å². The van der Waals surface area contributed by atoms with E-state index in [0.717, 1.165) is 6.42 Å². The first-order chi connectivity index (χ1) is 10.9. The fourth-order valence-electron chi connectivity index (χ4n) is 2.05. The van der Waals surface area contributed by atoms with Crippen molar-refractivity contribution in [1.82, 2.24) is 5.32 Å². The van der Waals surface area contributed by atoms with Gasteiger partial charge in [0.05, 0.1) is 24.5 Å². The molecule has 0 fully saturated rings. The Labute approximate surface area is 137 Å². The molecule has 0 unspecified atom stereocenters. The van der Waals surface area contributed by atoms with E-state index in [1.807, 2.05) is 20.8 Å². The van der Waals surface area contributed by atoms with Gasteiger partial charge in [0.2, 0.25) is 0 Å². The number of hydrogen-bond acceptors (Lipinski definition) is 4. The molecule has 23 heavy (non-hydrogen) atoms. The summed E-state index contributed by atoms with van der Waals surface area (Å²) >= 11 is 0. The fraction of sp³-hybridized carbons (Fsp3) is 0.529. The largest absolute Gasteiger partial charge is 0.494 e. The number of aryl methyl sites for hydroxylation is 1. The van der Waals surface area contributed by atoms with Crippen LogP contribution in [-0.4, -0.2) is 31.3 Å². The molecule has 0 aliphatic rings. The highest BCUT2D eigenvalue weighted by atomic mass is 16.5. The average Bonchev–Trinajstić information content (AvgIpc) is 2.43. The van der Waals surface area contributed by atoms with Crippen LogP contribution in [0.1, 0.15) is 50.0 Å². The zero-order chi connectivity index (χ0) is 17.4. The van der Waals surface area contributed by atoms with E-state index in [0.29, 0.717) is 29.2 Å². The van der Waals surface area contributed by atoms with Crippen LogP contribution in [-0.2, 0) is 4.74 Å². The van der Waals surface area contributed by atoms with Crippen LogP contribution in [0.15, 0.2) is 12.1 Å². The van der Waals surface area contributed by atoms with Gasteiger partial charge in [-0.25, -0.2) is 9.59 Å². The number of esters is 1. The van der Waals surface area contributed by atoms with E-state index < -0.39 is 5.97 Å². The standard InChI is InChI=1S/C17H26N2O4/c1-6-8-23-13-9-12(5)15(16(20)22-7-2)14(10-13)19-17(21)18-11(3)4/h9-11H,6-8H2,1-5H3,(H2,18,19,21). The predicted molar refractivity (Wildman–Crippen MR) is 90.2 cm³/mol. The number of carbonyl (C=O) groups is 2. The highest BCUT2D eigenvalue weighted by Crippen LogP contribution is 2.27. The Bertz CT molecular complexity index is 556. The average molecular weight is 322 g/mol. The van der Waals surface area contributed by atoms with E-state index in [1.54, 1.807) is 26.0 Å². The monoisotopic (exact) mass is 322 g/mol. The molecule has 0 atom stereocenters. The SMILES string of the molecule is CCCOc1cc(C)c(C(=O)OCC)c(NC(=O)NC(C)C)c1. The van der Waals surface area contributed by atoms with Crippen LogP contribution >= 0.6 is 0 Å². The van der Waals surface area contributed by atoms with Crippen LogP contribution in [0, 0.1) is 6.92 Å². The van der Waals surface area contributed by atoms with Gasteiger partial charge in [-0.15, -0.1) is 0 Å². The molecule has 2 N–H and O–H groups in total. The highest BCUT2D eigenvalue weighted by molar-refractivity contribution is 6.02. The molecule has 0 aromatic heterocycles. The minimum absolute atomic E-state index is 0.0123. The Hall–Kier alpha value is -2.24. The molecule has 128 valence electrons. The summed E-state index contributed by atoms with van der Waals surface area (Å²) in [5, 5.41) is 5.44. The van der Waals surface area contributed by atoms with Crippen LogP contribution < -0.4 is 15.4 Å². The second-order valence-electron chi connectivity index (χ2n) is 5.48. The van der Waals surface area contributed by atoms with Gasteiger partial charge in [0.1, 0.15) is 5.75 Å². The van der Waals surface area contributed by atoms with E-state index in [4.69, 9.17) is 9.47 Å². The quantitative estimate of drug-likeness (QED) is 0.753. The minimum atomic E-state index is -0.466. The van der Waals surface area contributed by atoms with Crippen molar-refractivity contribution in [3.63, 3.8) is 0 Å². The molecule has 0 aliphatic heterocycles. The summed E-state index contributed by atoms with van der Waals surface area (Å²) in [6, 6.07) is 3.03. The van der Waals surface area contributed by atoms with Gasteiger partial charge in [-0.1, -0.05) is 6.92 Å². The molecule has 0 bridgehead atoms. The molecule has 6 heteroatoms. The van der Waals surface area contributed by atoms with E-state index in [-0.39, 0.29) is 18.7 Å². The molecule has 6 nitrogen and oxygen atoms in total. The normalized spacial score (nSPS) is 10.3. The Morgan fingerprint density at radius 2 is 1.91 bits per heavy atom. The summed E-state index contributed by atoms with van der Waals surface area (Å²) in [4.78, 5) is 24.2. The van der Waals surface area contributed by atoms with E-state index in [1.165, 1.54) is 0 Å². The zero-order valence-electron chi connectivity index (χ0n) is 14.5. The molecule has 0 saturated heterocycles. The third-order valence-corrected chi connectivity index (χ3v) is 2.93. The molecule has 1 aromatic rings. The van der Waals surface area contributed by atoms with E-state index in [2.05, 4.69) is 10.6 Å². The summed E-state index contributed by atoms with van der Waals surface area (Å²) in [6.07, 6.45) is 0.870. The molecule has 0 aliphatic carbocycles. The summed E-state index contributed by atoms with van der Waals surface area (Å²) in [5.74, 6) is 0.143. The number of benzene rings is 1. The number of urea groups is 1. The van der Waals surface area contributed by atoms with Crippen molar-refractivity contribution in [3.8, 4) is 5.75 Å². The summed E-state index contributed by atoms with van der Waals surface area (Å²) in [5.41, 5.74) is 1.42. The van der Waals surface area contributed by atoms with Crippen molar-refractivity contribution in [2.45, 2.75) is 47.1 Å². The third-order valence-electron chi connectivity index (χ3n) is 2.93. The fourth-order valence-corrected chi connectivity index (χ4v) is 2.05. The number of carbonyl (C=O) groups excluding carboxylic acids is 2. The van der Waals surface area contributed by atoms with Gasteiger partial charge in [0.25, 0.3) is 0 Å². The molecule has 0 radical (unpaired) electrons. The minimum Gasteiger partial charge on any atom is -0.494 e. The molecular formula is C17H26N2O4. The third kappa shape index (κ3) is 5.81. The molecule has 2 amide bonds. The number of rotatable bonds is 7. The second-order valence-corrected chi connectivity index (χ2v) is 5.48. The van der Waals surface area contributed by atoms with Gasteiger partial charge in [-0.3, -0.25) is 0 Å². The lowest BCUT2D eigenvalue weighted by Gasteiger charge is -2.16. The van der Waals surface area contributed by atoms with Crippen molar-refractivity contribution >= 4 is 17.7 Å². The maximum Gasteiger partial charge on any atom is 0.340 e. The lowest BCUT2D eigenvalue weighted by molar-refractivity contribution is 0.0526. The van der Waals surface area contributed by atoms with Crippen LogP contribution in [0.4, 0.5) is 10.5 Å². The van der Waals surface area contributed by atoms with Crippen molar-refractivity contribution in [1.29, 1.82) is 0 Å². The number of ether oxygens (including phenoxy) is 2. The first kappa shape index (κ1) is 18.8. The zero-order valence-corrected chi connectivity index (χ0v) is 14.5. The van der Waals surface area contributed by atoms with Crippen molar-refractivity contribution in [2.75, 3.05) is 18.5 Å².